The molecule has 0 saturated heterocycles. The maximum atomic E-state index is 12.7. The molecule has 2 rings (SSSR count). The van der Waals surface area contributed by atoms with Gasteiger partial charge in [-0.2, -0.15) is 14.0 Å². The zero-order valence-electron chi connectivity index (χ0n) is 14.2. The van der Waals surface area contributed by atoms with Crippen LogP contribution in [0.4, 0.5) is 14.5 Å². The summed E-state index contributed by atoms with van der Waals surface area (Å²) in [4.78, 5) is 12.3. The summed E-state index contributed by atoms with van der Waals surface area (Å²) in [7, 11) is -3.80. The molecule has 0 atom stereocenters. The number of benzene rings is 2. The second-order valence-electron chi connectivity index (χ2n) is 5.28. The van der Waals surface area contributed by atoms with Gasteiger partial charge in [-0.25, -0.2) is 13.1 Å². The number of carbonyl (C=O) groups excluding carboxylic acids is 1. The number of rotatable bonds is 8. The van der Waals surface area contributed by atoms with Gasteiger partial charge in [0.15, 0.2) is 0 Å². The van der Waals surface area contributed by atoms with E-state index < -0.39 is 21.7 Å². The molecule has 0 bridgehead atoms. The highest BCUT2D eigenvalue weighted by molar-refractivity contribution is 7.99. The van der Waals surface area contributed by atoms with E-state index in [1.54, 1.807) is 0 Å². The molecule has 0 unspecified atom stereocenters. The zero-order chi connectivity index (χ0) is 20.7. The second kappa shape index (κ2) is 9.84. The van der Waals surface area contributed by atoms with E-state index in [2.05, 4.69) is 10.0 Å². The molecule has 0 aliphatic carbocycles. The third-order valence-electron chi connectivity index (χ3n) is 3.38. The minimum absolute atomic E-state index is 0.0261. The normalized spacial score (nSPS) is 11.2. The third kappa shape index (κ3) is 5.90. The number of hydrogen-bond donors (Lipinski definition) is 2. The molecule has 0 fully saturated rings. The van der Waals surface area contributed by atoms with Gasteiger partial charge < -0.3 is 5.32 Å². The smallest absolute Gasteiger partial charge is 0.289 e. The minimum Gasteiger partial charge on any atom is -0.321 e. The second-order valence-corrected chi connectivity index (χ2v) is 8.45. The number of nitriles is 1. The molecule has 0 aliphatic heterocycles. The summed E-state index contributed by atoms with van der Waals surface area (Å²) in [6.07, 6.45) is 0.0261. The highest BCUT2D eigenvalue weighted by atomic mass is 35.5. The number of alkyl halides is 2. The van der Waals surface area contributed by atoms with Crippen LogP contribution in [0.25, 0.3) is 0 Å². The van der Waals surface area contributed by atoms with E-state index in [9.17, 15) is 22.0 Å². The van der Waals surface area contributed by atoms with Crippen molar-refractivity contribution < 1.29 is 22.0 Å². The van der Waals surface area contributed by atoms with E-state index in [-0.39, 0.29) is 50.8 Å². The number of carbonyl (C=O) groups is 1. The van der Waals surface area contributed by atoms with Crippen LogP contribution in [0.5, 0.6) is 0 Å². The van der Waals surface area contributed by atoms with E-state index in [4.69, 9.17) is 16.9 Å². The maximum Gasteiger partial charge on any atom is 0.289 e. The molecule has 0 spiro atoms. The summed E-state index contributed by atoms with van der Waals surface area (Å²) in [5.74, 6) is -3.33. The van der Waals surface area contributed by atoms with E-state index in [0.29, 0.717) is 0 Å². The Hall–Kier alpha value is -2.19. The standard InChI is InChI=1S/C17H14ClF2N3O3S2/c18-13-3-1-4-14(15(13)27-17(19)20)23-16(24)11-5-7-12(8-6-11)28(25,26)22-10-2-9-21/h1,3-8,17,22H,2,10H2,(H,23,24). The van der Waals surface area contributed by atoms with Crippen LogP contribution in [0, 0.1) is 11.3 Å². The lowest BCUT2D eigenvalue weighted by Crippen LogP contribution is -2.24. The Bertz CT molecular complexity index is 994. The Labute approximate surface area is 169 Å². The maximum absolute atomic E-state index is 12.7. The van der Waals surface area contributed by atoms with Gasteiger partial charge in [-0.15, -0.1) is 0 Å². The Morgan fingerprint density at radius 3 is 2.50 bits per heavy atom. The van der Waals surface area contributed by atoms with Crippen LogP contribution >= 0.6 is 23.4 Å². The fourth-order valence-electron chi connectivity index (χ4n) is 2.12. The van der Waals surface area contributed by atoms with Crippen molar-refractivity contribution in [3.05, 3.63) is 53.1 Å². The molecular formula is C17H14ClF2N3O3S2. The van der Waals surface area contributed by atoms with Gasteiger partial charge in [-0.1, -0.05) is 29.4 Å². The number of thioether (sulfide) groups is 1. The lowest BCUT2D eigenvalue weighted by molar-refractivity contribution is 0.102. The number of anilines is 1. The molecular weight excluding hydrogens is 432 g/mol. The molecule has 0 heterocycles. The minimum atomic E-state index is -3.80. The Kier molecular flexibility index (Phi) is 7.77. The van der Waals surface area contributed by atoms with E-state index in [1.165, 1.54) is 42.5 Å². The molecule has 1 amide bonds. The average molecular weight is 446 g/mol. The van der Waals surface area contributed by atoms with Crippen molar-refractivity contribution in [2.24, 2.45) is 0 Å². The summed E-state index contributed by atoms with van der Waals surface area (Å²) >= 11 is 6.14. The zero-order valence-corrected chi connectivity index (χ0v) is 16.5. The molecule has 148 valence electrons. The van der Waals surface area contributed by atoms with Crippen LogP contribution in [0.3, 0.4) is 0 Å². The van der Waals surface area contributed by atoms with E-state index in [0.717, 1.165) is 0 Å². The monoisotopic (exact) mass is 445 g/mol. The summed E-state index contributed by atoms with van der Waals surface area (Å²) in [6.45, 7) is -0.0274. The van der Waals surface area contributed by atoms with Gasteiger partial charge in [0.05, 0.1) is 26.6 Å². The van der Waals surface area contributed by atoms with Crippen LogP contribution in [0.15, 0.2) is 52.3 Å². The number of halogens is 3. The predicted molar refractivity (Wildman–Crippen MR) is 103 cm³/mol. The summed E-state index contributed by atoms with van der Waals surface area (Å²) in [5, 5.41) is 11.0. The average Bonchev–Trinajstić information content (AvgIpc) is 2.64. The van der Waals surface area contributed by atoms with Crippen LogP contribution in [-0.4, -0.2) is 26.6 Å². The molecule has 0 aromatic heterocycles. The van der Waals surface area contributed by atoms with E-state index >= 15 is 0 Å². The molecule has 0 saturated carbocycles. The van der Waals surface area contributed by atoms with Crippen LogP contribution in [0.1, 0.15) is 16.8 Å². The molecule has 0 radical (unpaired) electrons. The van der Waals surface area contributed by atoms with Crippen molar-refractivity contribution in [2.45, 2.75) is 22.0 Å². The summed E-state index contributed by atoms with van der Waals surface area (Å²) < 4.78 is 51.8. The Morgan fingerprint density at radius 1 is 1.21 bits per heavy atom. The van der Waals surface area contributed by atoms with Crippen molar-refractivity contribution in [3.8, 4) is 6.07 Å². The topological polar surface area (TPSA) is 99.1 Å². The van der Waals surface area contributed by atoms with Gasteiger partial charge in [-0.05, 0) is 36.4 Å². The highest BCUT2D eigenvalue weighted by Gasteiger charge is 2.17. The van der Waals surface area contributed by atoms with Crippen molar-refractivity contribution in [1.82, 2.24) is 4.72 Å². The SMILES string of the molecule is N#CCCNS(=O)(=O)c1ccc(C(=O)Nc2cccc(Cl)c2SC(F)F)cc1. The van der Waals surface area contributed by atoms with Gasteiger partial charge in [0.25, 0.3) is 11.7 Å². The molecule has 2 aromatic rings. The third-order valence-corrected chi connectivity index (χ3v) is 6.14. The van der Waals surface area contributed by atoms with Gasteiger partial charge >= 0.3 is 0 Å². The van der Waals surface area contributed by atoms with Gasteiger partial charge in [0, 0.05) is 18.5 Å². The lowest BCUT2D eigenvalue weighted by Gasteiger charge is -2.12. The predicted octanol–water partition coefficient (Wildman–Crippen LogP) is 4.10. The highest BCUT2D eigenvalue weighted by Crippen LogP contribution is 2.37. The van der Waals surface area contributed by atoms with Gasteiger partial charge in [-0.3, -0.25) is 4.79 Å². The van der Waals surface area contributed by atoms with Gasteiger partial charge in [0.1, 0.15) is 0 Å². The lowest BCUT2D eigenvalue weighted by atomic mass is 10.2. The van der Waals surface area contributed by atoms with Crippen molar-refractivity contribution in [2.75, 3.05) is 11.9 Å². The molecule has 6 nitrogen and oxygen atoms in total. The number of sulfonamides is 1. The number of nitrogens with one attached hydrogen (secondary N) is 2. The number of amides is 1. The van der Waals surface area contributed by atoms with E-state index in [1.807, 2.05) is 6.07 Å². The Balaban J connectivity index is 2.16. The van der Waals surface area contributed by atoms with Crippen LogP contribution in [-0.2, 0) is 10.0 Å². The van der Waals surface area contributed by atoms with Crippen molar-refractivity contribution in [3.63, 3.8) is 0 Å². The molecule has 28 heavy (non-hydrogen) atoms. The molecule has 2 N–H and O–H groups in total. The first kappa shape index (κ1) is 22.1. The largest absolute Gasteiger partial charge is 0.321 e. The first-order valence-corrected chi connectivity index (χ1v) is 10.5. The fraction of sp³-hybridized carbons (Fsp3) is 0.176. The Morgan fingerprint density at radius 2 is 1.89 bits per heavy atom. The fourth-order valence-corrected chi connectivity index (χ4v) is 4.07. The molecule has 0 aliphatic rings. The van der Waals surface area contributed by atoms with Crippen LogP contribution < -0.4 is 10.0 Å². The molecule has 2 aromatic carbocycles. The summed E-state index contributed by atoms with van der Waals surface area (Å²) in [5.41, 5.74) is 0.251. The first-order valence-electron chi connectivity index (χ1n) is 7.76. The quantitative estimate of drug-likeness (QED) is 0.470. The number of nitrogens with zero attached hydrogens (tertiary/aromatic N) is 1. The number of hydrogen-bond acceptors (Lipinski definition) is 5. The van der Waals surface area contributed by atoms with Crippen LogP contribution in [0.2, 0.25) is 5.02 Å². The van der Waals surface area contributed by atoms with Crippen molar-refractivity contribution >= 4 is 45.0 Å². The molecule has 11 heteroatoms. The first-order chi connectivity index (χ1) is 13.2. The van der Waals surface area contributed by atoms with Gasteiger partial charge in [0.2, 0.25) is 10.0 Å². The summed E-state index contributed by atoms with van der Waals surface area (Å²) in [6, 6.07) is 11.2. The van der Waals surface area contributed by atoms with Crippen molar-refractivity contribution in [1.29, 1.82) is 5.26 Å².